The van der Waals surface area contributed by atoms with Crippen molar-refractivity contribution >= 4 is 51.9 Å². The average molecular weight is 449 g/mol. The van der Waals surface area contributed by atoms with E-state index in [0.717, 1.165) is 16.6 Å². The Hall–Kier alpha value is -2.90. The van der Waals surface area contributed by atoms with Crippen LogP contribution in [0.25, 0.3) is 11.0 Å². The second-order valence-electron chi connectivity index (χ2n) is 6.96. The molecule has 1 saturated heterocycles. The minimum absolute atomic E-state index is 0.0634. The molecule has 0 bridgehead atoms. The lowest BCUT2D eigenvalue weighted by Gasteiger charge is -2.37. The van der Waals surface area contributed by atoms with E-state index in [0.29, 0.717) is 47.4 Å². The molecule has 2 aromatic carbocycles. The molecule has 4 rings (SSSR count). The van der Waals surface area contributed by atoms with Crippen molar-refractivity contribution in [2.45, 2.75) is 6.92 Å². The first-order valence-corrected chi connectivity index (χ1v) is 10.0. The van der Waals surface area contributed by atoms with E-state index in [4.69, 9.17) is 32.7 Å². The maximum atomic E-state index is 12.8. The van der Waals surface area contributed by atoms with Gasteiger partial charge in [-0.1, -0.05) is 23.2 Å². The number of furan rings is 1. The number of ether oxygens (including phenoxy) is 1. The first-order valence-electron chi connectivity index (χ1n) is 9.26. The quantitative estimate of drug-likeness (QED) is 0.563. The molecule has 30 heavy (non-hydrogen) atoms. The van der Waals surface area contributed by atoms with Gasteiger partial charge < -0.3 is 24.1 Å². The number of hydrogen-bond donors (Lipinski definition) is 1. The van der Waals surface area contributed by atoms with Gasteiger partial charge in [0.2, 0.25) is 0 Å². The topological polar surface area (TPSA) is 83.2 Å². The highest BCUT2D eigenvalue weighted by atomic mass is 35.5. The normalized spacial score (nSPS) is 14.2. The number of rotatable bonds is 3. The lowest BCUT2D eigenvalue weighted by Crippen LogP contribution is -2.49. The van der Waals surface area contributed by atoms with Gasteiger partial charge in [-0.3, -0.25) is 4.79 Å². The largest absolute Gasteiger partial charge is 0.513 e. The van der Waals surface area contributed by atoms with E-state index in [1.165, 1.54) is 0 Å². The minimum Gasteiger partial charge on any atom is -0.449 e. The third kappa shape index (κ3) is 3.91. The highest BCUT2D eigenvalue weighted by Gasteiger charge is 2.25. The second kappa shape index (κ2) is 8.08. The van der Waals surface area contributed by atoms with Crippen LogP contribution in [0, 0.1) is 6.92 Å². The zero-order chi connectivity index (χ0) is 21.4. The number of hydrogen-bond acceptors (Lipinski definition) is 5. The van der Waals surface area contributed by atoms with Crippen molar-refractivity contribution in [1.82, 2.24) is 4.90 Å². The van der Waals surface area contributed by atoms with Crippen LogP contribution >= 0.6 is 23.2 Å². The summed E-state index contributed by atoms with van der Waals surface area (Å²) < 4.78 is 10.0. The van der Waals surface area contributed by atoms with E-state index < -0.39 is 6.16 Å². The summed E-state index contributed by atoms with van der Waals surface area (Å²) in [7, 11) is 0. The van der Waals surface area contributed by atoms with Crippen molar-refractivity contribution in [3.8, 4) is 5.95 Å². The van der Waals surface area contributed by atoms with Crippen molar-refractivity contribution in [3.05, 3.63) is 57.6 Å². The van der Waals surface area contributed by atoms with Crippen LogP contribution in [-0.4, -0.2) is 48.2 Å². The van der Waals surface area contributed by atoms with Gasteiger partial charge in [-0.25, -0.2) is 4.79 Å². The highest BCUT2D eigenvalue weighted by Crippen LogP contribution is 2.34. The minimum atomic E-state index is -1.42. The van der Waals surface area contributed by atoms with E-state index in [1.807, 2.05) is 13.0 Å². The molecule has 9 heteroatoms. The number of fused-ring (bicyclic) bond motifs is 1. The van der Waals surface area contributed by atoms with E-state index in [1.54, 1.807) is 35.2 Å². The predicted molar refractivity (Wildman–Crippen MR) is 114 cm³/mol. The zero-order valence-corrected chi connectivity index (χ0v) is 17.5. The monoisotopic (exact) mass is 448 g/mol. The summed E-state index contributed by atoms with van der Waals surface area (Å²) in [4.78, 5) is 27.5. The second-order valence-corrected chi connectivity index (χ2v) is 7.80. The number of halogens is 2. The third-order valence-electron chi connectivity index (χ3n) is 5.17. The first kappa shape index (κ1) is 20.4. The van der Waals surface area contributed by atoms with E-state index in [2.05, 4.69) is 9.64 Å². The molecule has 1 fully saturated rings. The Morgan fingerprint density at radius 3 is 2.50 bits per heavy atom. The maximum Gasteiger partial charge on any atom is 0.513 e. The van der Waals surface area contributed by atoms with Gasteiger partial charge in [0.1, 0.15) is 5.58 Å². The summed E-state index contributed by atoms with van der Waals surface area (Å²) in [5.74, 6) is -0.203. The van der Waals surface area contributed by atoms with Gasteiger partial charge in [-0.05, 0) is 42.8 Å². The van der Waals surface area contributed by atoms with E-state index in [-0.39, 0.29) is 11.9 Å². The van der Waals surface area contributed by atoms with Gasteiger partial charge in [0.15, 0.2) is 0 Å². The van der Waals surface area contributed by atoms with Crippen molar-refractivity contribution in [3.63, 3.8) is 0 Å². The summed E-state index contributed by atoms with van der Waals surface area (Å²) in [6.07, 6.45) is -1.42. The Labute approximate surface area is 182 Å². The first-order chi connectivity index (χ1) is 14.3. The van der Waals surface area contributed by atoms with Gasteiger partial charge in [0, 0.05) is 48.3 Å². The van der Waals surface area contributed by atoms with Crippen LogP contribution in [0.1, 0.15) is 15.9 Å². The van der Waals surface area contributed by atoms with Crippen LogP contribution in [0.2, 0.25) is 10.0 Å². The number of piperazine rings is 1. The molecule has 0 atom stereocenters. The van der Waals surface area contributed by atoms with Gasteiger partial charge in [-0.2, -0.15) is 0 Å². The fraction of sp³-hybridized carbons (Fsp3) is 0.238. The number of aryl methyl sites for hydroxylation is 1. The fourth-order valence-electron chi connectivity index (χ4n) is 3.68. The number of carbonyl (C=O) groups is 2. The third-order valence-corrected chi connectivity index (χ3v) is 5.74. The molecule has 1 N–H and O–H groups in total. The van der Waals surface area contributed by atoms with Crippen LogP contribution in [0.5, 0.6) is 5.95 Å². The fourth-order valence-corrected chi connectivity index (χ4v) is 4.05. The predicted octanol–water partition coefficient (Wildman–Crippen LogP) is 5.07. The van der Waals surface area contributed by atoms with Crippen LogP contribution < -0.4 is 9.64 Å². The number of carboxylic acid groups (broad SMARTS) is 1. The number of carbonyl (C=O) groups excluding carboxylic acids is 1. The smallest absolute Gasteiger partial charge is 0.449 e. The van der Waals surface area contributed by atoms with Crippen LogP contribution in [-0.2, 0) is 0 Å². The molecular weight excluding hydrogens is 431 g/mol. The van der Waals surface area contributed by atoms with Gasteiger partial charge >= 0.3 is 6.16 Å². The average Bonchev–Trinajstić information content (AvgIpc) is 3.12. The lowest BCUT2D eigenvalue weighted by molar-refractivity contribution is 0.0747. The van der Waals surface area contributed by atoms with Gasteiger partial charge in [0.25, 0.3) is 11.9 Å². The Bertz CT molecular complexity index is 1140. The van der Waals surface area contributed by atoms with Crippen LogP contribution in [0.15, 0.2) is 40.8 Å². The van der Waals surface area contributed by atoms with Crippen LogP contribution in [0.3, 0.4) is 0 Å². The van der Waals surface area contributed by atoms with Crippen molar-refractivity contribution in [2.75, 3.05) is 31.1 Å². The standard InChI is InChI=1S/C21H18Cl2N2O5/c1-12-14-11-19(30-21(27)28)29-18(14)5-4-17(12)24-6-8-25(9-7-24)20(26)15-10-13(22)2-3-16(15)23/h2-5,10-11H,6-9H2,1H3,(H,27,28). The molecule has 0 aliphatic carbocycles. The Balaban J connectivity index is 1.50. The van der Waals surface area contributed by atoms with E-state index >= 15 is 0 Å². The van der Waals surface area contributed by atoms with Crippen LogP contribution in [0.4, 0.5) is 10.5 Å². The molecule has 1 aromatic heterocycles. The molecule has 3 aromatic rings. The molecule has 1 aliphatic rings. The summed E-state index contributed by atoms with van der Waals surface area (Å²) in [6.45, 7) is 4.32. The Kier molecular flexibility index (Phi) is 5.49. The van der Waals surface area contributed by atoms with Crippen molar-refractivity contribution < 1.29 is 23.8 Å². The maximum absolute atomic E-state index is 12.8. The highest BCUT2D eigenvalue weighted by molar-refractivity contribution is 6.35. The molecule has 7 nitrogen and oxygen atoms in total. The summed E-state index contributed by atoms with van der Waals surface area (Å²) in [5, 5.41) is 10.4. The molecule has 0 spiro atoms. The zero-order valence-electron chi connectivity index (χ0n) is 16.0. The lowest BCUT2D eigenvalue weighted by atomic mass is 10.1. The SMILES string of the molecule is Cc1c(N2CCN(C(=O)c3cc(Cl)ccc3Cl)CC2)ccc2oc(OC(=O)O)cc12. The number of nitrogens with zero attached hydrogens (tertiary/aromatic N) is 2. The summed E-state index contributed by atoms with van der Waals surface area (Å²) >= 11 is 12.2. The molecular formula is C21H18Cl2N2O5. The Morgan fingerprint density at radius 1 is 1.07 bits per heavy atom. The Morgan fingerprint density at radius 2 is 1.80 bits per heavy atom. The van der Waals surface area contributed by atoms with E-state index in [9.17, 15) is 9.59 Å². The number of benzene rings is 2. The molecule has 156 valence electrons. The molecule has 1 aliphatic heterocycles. The molecule has 0 unspecified atom stereocenters. The van der Waals surface area contributed by atoms with Gasteiger partial charge in [-0.15, -0.1) is 0 Å². The van der Waals surface area contributed by atoms with Crippen molar-refractivity contribution in [1.29, 1.82) is 0 Å². The summed E-state index contributed by atoms with van der Waals surface area (Å²) in [5.41, 5.74) is 2.91. The molecule has 0 radical (unpaired) electrons. The van der Waals surface area contributed by atoms with Crippen molar-refractivity contribution in [2.24, 2.45) is 0 Å². The van der Waals surface area contributed by atoms with Gasteiger partial charge in [0.05, 0.1) is 10.6 Å². The summed E-state index contributed by atoms with van der Waals surface area (Å²) in [6, 6.07) is 10.2. The number of amides is 1. The molecule has 0 saturated carbocycles. The molecule has 2 heterocycles. The number of anilines is 1. The molecule has 1 amide bonds.